The van der Waals surface area contributed by atoms with Crippen molar-refractivity contribution in [2.45, 2.75) is 19.9 Å². The first-order valence-electron chi connectivity index (χ1n) is 6.23. The molecule has 6 heteroatoms. The van der Waals surface area contributed by atoms with E-state index >= 15 is 0 Å². The van der Waals surface area contributed by atoms with E-state index in [1.54, 1.807) is 19.9 Å². The molecular weight excluding hydrogens is 345 g/mol. The molecule has 1 atom stereocenters. The van der Waals surface area contributed by atoms with Crippen LogP contribution in [-0.2, 0) is 0 Å². The number of rotatable bonds is 3. The number of nitrogens with two attached hydrogens (primary N) is 1. The molecule has 0 saturated heterocycles. The molecule has 0 bridgehead atoms. The summed E-state index contributed by atoms with van der Waals surface area (Å²) in [6.07, 6.45) is 0. The van der Waals surface area contributed by atoms with Crippen molar-refractivity contribution in [1.29, 1.82) is 0 Å². The Morgan fingerprint density at radius 3 is 2.33 bits per heavy atom. The van der Waals surface area contributed by atoms with Crippen molar-refractivity contribution < 1.29 is 13.2 Å². The van der Waals surface area contributed by atoms with E-state index in [0.29, 0.717) is 16.7 Å². The first kappa shape index (κ1) is 16.0. The van der Waals surface area contributed by atoms with Gasteiger partial charge in [-0.2, -0.15) is 0 Å². The number of nitrogens with one attached hydrogen (secondary N) is 1. The first-order chi connectivity index (χ1) is 9.86. The Labute approximate surface area is 129 Å². The molecule has 0 saturated carbocycles. The lowest BCUT2D eigenvalue weighted by Gasteiger charge is -2.21. The van der Waals surface area contributed by atoms with Gasteiger partial charge in [0.2, 0.25) is 0 Å². The van der Waals surface area contributed by atoms with Crippen LogP contribution in [0.25, 0.3) is 0 Å². The van der Waals surface area contributed by atoms with Crippen LogP contribution in [0.3, 0.4) is 0 Å². The maximum Gasteiger partial charge on any atom is 0.173 e. The topological polar surface area (TPSA) is 38.0 Å². The Bertz CT molecular complexity index is 666. The molecule has 0 spiro atoms. The maximum atomic E-state index is 14.3. The van der Waals surface area contributed by atoms with Crippen LogP contribution in [0.1, 0.15) is 28.3 Å². The van der Waals surface area contributed by atoms with Crippen molar-refractivity contribution in [2.75, 3.05) is 0 Å². The monoisotopic (exact) mass is 358 g/mol. The predicted octanol–water partition coefficient (Wildman–Crippen LogP) is 4.04. The van der Waals surface area contributed by atoms with Crippen molar-refractivity contribution in [3.05, 3.63) is 68.4 Å². The smallest absolute Gasteiger partial charge is 0.173 e. The Balaban J connectivity index is 2.64. The van der Waals surface area contributed by atoms with Gasteiger partial charge in [-0.3, -0.25) is 5.84 Å². The molecule has 21 heavy (non-hydrogen) atoms. The minimum absolute atomic E-state index is 0.0789. The zero-order valence-electron chi connectivity index (χ0n) is 11.5. The molecule has 3 N–H and O–H groups in total. The highest BCUT2D eigenvalue weighted by Crippen LogP contribution is 2.34. The van der Waals surface area contributed by atoms with Gasteiger partial charge in [-0.15, -0.1) is 0 Å². The average Bonchev–Trinajstić information content (AvgIpc) is 2.41. The zero-order valence-corrected chi connectivity index (χ0v) is 13.1. The minimum Gasteiger partial charge on any atom is -0.271 e. The second kappa shape index (κ2) is 6.17. The summed E-state index contributed by atoms with van der Waals surface area (Å²) in [5.41, 5.74) is 4.53. The third-order valence-electron chi connectivity index (χ3n) is 3.31. The Morgan fingerprint density at radius 1 is 1.10 bits per heavy atom. The van der Waals surface area contributed by atoms with Crippen LogP contribution in [0.2, 0.25) is 0 Å². The fourth-order valence-electron chi connectivity index (χ4n) is 2.38. The van der Waals surface area contributed by atoms with Crippen molar-refractivity contribution in [2.24, 2.45) is 5.84 Å². The van der Waals surface area contributed by atoms with E-state index in [1.165, 1.54) is 12.1 Å². The van der Waals surface area contributed by atoms with Crippen molar-refractivity contribution in [3.63, 3.8) is 0 Å². The van der Waals surface area contributed by atoms with Gasteiger partial charge in [0.05, 0.1) is 10.5 Å². The SMILES string of the molecule is Cc1cc(C)c(C(NN)c2ccc(F)c(F)c2Br)c(F)c1. The molecule has 0 fully saturated rings. The minimum atomic E-state index is -1.03. The van der Waals surface area contributed by atoms with Gasteiger partial charge in [0.25, 0.3) is 0 Å². The van der Waals surface area contributed by atoms with Gasteiger partial charge >= 0.3 is 0 Å². The molecule has 1 unspecified atom stereocenters. The molecule has 2 nitrogen and oxygen atoms in total. The van der Waals surface area contributed by atoms with Gasteiger partial charge in [-0.1, -0.05) is 12.1 Å². The summed E-state index contributed by atoms with van der Waals surface area (Å²) >= 11 is 3.00. The van der Waals surface area contributed by atoms with Gasteiger partial charge in [0.1, 0.15) is 5.82 Å². The lowest BCUT2D eigenvalue weighted by atomic mass is 9.93. The quantitative estimate of drug-likeness (QED) is 0.493. The third-order valence-corrected chi connectivity index (χ3v) is 4.12. The van der Waals surface area contributed by atoms with Gasteiger partial charge in [0, 0.05) is 5.56 Å². The summed E-state index contributed by atoms with van der Waals surface area (Å²) in [5, 5.41) is 0. The average molecular weight is 359 g/mol. The van der Waals surface area contributed by atoms with Crippen LogP contribution in [0.4, 0.5) is 13.2 Å². The Morgan fingerprint density at radius 2 is 1.76 bits per heavy atom. The molecule has 0 aromatic heterocycles. The molecule has 0 amide bonds. The molecule has 2 aromatic rings. The van der Waals surface area contributed by atoms with E-state index in [9.17, 15) is 13.2 Å². The fraction of sp³-hybridized carbons (Fsp3) is 0.200. The Kier molecular flexibility index (Phi) is 4.70. The first-order valence-corrected chi connectivity index (χ1v) is 7.02. The standard InChI is InChI=1S/C15H14BrF3N2/c1-7-5-8(2)12(11(18)6-7)15(21-20)9-3-4-10(17)14(19)13(9)16/h3-6,15,21H,20H2,1-2H3. The lowest BCUT2D eigenvalue weighted by molar-refractivity contribution is 0.496. The van der Waals surface area contributed by atoms with E-state index < -0.39 is 23.5 Å². The summed E-state index contributed by atoms with van der Waals surface area (Å²) in [5.74, 6) is 3.05. The van der Waals surface area contributed by atoms with Crippen molar-refractivity contribution in [1.82, 2.24) is 5.43 Å². The molecule has 0 aliphatic carbocycles. The summed E-state index contributed by atoms with van der Waals surface area (Å²) in [4.78, 5) is 0. The predicted molar refractivity (Wildman–Crippen MR) is 79.1 cm³/mol. The maximum absolute atomic E-state index is 14.3. The highest BCUT2D eigenvalue weighted by molar-refractivity contribution is 9.10. The largest absolute Gasteiger partial charge is 0.271 e. The number of hydrogen-bond acceptors (Lipinski definition) is 2. The van der Waals surface area contributed by atoms with Crippen molar-refractivity contribution >= 4 is 15.9 Å². The van der Waals surface area contributed by atoms with E-state index in [2.05, 4.69) is 21.4 Å². The van der Waals surface area contributed by atoms with E-state index in [-0.39, 0.29) is 4.47 Å². The summed E-state index contributed by atoms with van der Waals surface area (Å²) < 4.78 is 41.1. The van der Waals surface area contributed by atoms with Gasteiger partial charge < -0.3 is 0 Å². The second-order valence-electron chi connectivity index (χ2n) is 4.84. The second-order valence-corrected chi connectivity index (χ2v) is 5.63. The summed E-state index contributed by atoms with van der Waals surface area (Å²) in [6.45, 7) is 3.52. The van der Waals surface area contributed by atoms with Gasteiger partial charge in [0.15, 0.2) is 11.6 Å². The van der Waals surface area contributed by atoms with Crippen LogP contribution >= 0.6 is 15.9 Å². The molecule has 0 aliphatic heterocycles. The van der Waals surface area contributed by atoms with Gasteiger partial charge in [-0.05, 0) is 58.6 Å². The van der Waals surface area contributed by atoms with E-state index in [0.717, 1.165) is 11.6 Å². The number of aryl methyl sites for hydroxylation is 2. The van der Waals surface area contributed by atoms with Crippen LogP contribution in [0, 0.1) is 31.3 Å². The molecule has 0 aliphatic rings. The molecular formula is C15H14BrF3N2. The van der Waals surface area contributed by atoms with Crippen LogP contribution in [0.5, 0.6) is 0 Å². The molecule has 112 valence electrons. The third kappa shape index (κ3) is 2.97. The highest BCUT2D eigenvalue weighted by atomic mass is 79.9. The molecule has 2 aromatic carbocycles. The lowest BCUT2D eigenvalue weighted by Crippen LogP contribution is -2.30. The number of benzene rings is 2. The Hall–Kier alpha value is -1.37. The summed E-state index contributed by atoms with van der Waals surface area (Å²) in [7, 11) is 0. The molecule has 2 rings (SSSR count). The van der Waals surface area contributed by atoms with Crippen LogP contribution in [0.15, 0.2) is 28.7 Å². The number of hydrazine groups is 1. The van der Waals surface area contributed by atoms with Crippen LogP contribution in [-0.4, -0.2) is 0 Å². The zero-order chi connectivity index (χ0) is 15.7. The number of halogens is 4. The van der Waals surface area contributed by atoms with Crippen molar-refractivity contribution in [3.8, 4) is 0 Å². The van der Waals surface area contributed by atoms with Crippen LogP contribution < -0.4 is 11.3 Å². The normalized spacial score (nSPS) is 12.5. The van der Waals surface area contributed by atoms with E-state index in [1.807, 2.05) is 0 Å². The van der Waals surface area contributed by atoms with Gasteiger partial charge in [-0.25, -0.2) is 18.6 Å². The molecule has 0 radical (unpaired) electrons. The van der Waals surface area contributed by atoms with E-state index in [4.69, 9.17) is 5.84 Å². The highest BCUT2D eigenvalue weighted by Gasteiger charge is 2.24. The fourth-order valence-corrected chi connectivity index (χ4v) is 2.94. The molecule has 0 heterocycles. The number of hydrogen-bond donors (Lipinski definition) is 2. The summed E-state index contributed by atoms with van der Waals surface area (Å²) in [6, 6.07) is 4.74.